The van der Waals surface area contributed by atoms with Gasteiger partial charge in [0, 0.05) is 26.1 Å². The van der Waals surface area contributed by atoms with Gasteiger partial charge < -0.3 is 14.8 Å². The van der Waals surface area contributed by atoms with Crippen molar-refractivity contribution in [2.75, 3.05) is 26.3 Å². The number of nitrogens with one attached hydrogen (secondary N) is 1. The van der Waals surface area contributed by atoms with Crippen LogP contribution < -0.4 is 14.8 Å². The molecular formula is C25H32N2O3. The molecule has 4 rings (SSSR count). The number of fused-ring (bicyclic) bond motifs is 1. The molecule has 2 aromatic carbocycles. The van der Waals surface area contributed by atoms with Crippen LogP contribution in [0.1, 0.15) is 42.9 Å². The van der Waals surface area contributed by atoms with Crippen LogP contribution in [0, 0.1) is 5.92 Å². The number of amides is 1. The van der Waals surface area contributed by atoms with Crippen LogP contribution in [-0.2, 0) is 24.3 Å². The van der Waals surface area contributed by atoms with Crippen molar-refractivity contribution < 1.29 is 14.3 Å². The third kappa shape index (κ3) is 5.54. The number of rotatable bonds is 7. The van der Waals surface area contributed by atoms with Crippen LogP contribution in [0.3, 0.4) is 0 Å². The second-order valence-corrected chi connectivity index (χ2v) is 8.51. The van der Waals surface area contributed by atoms with Gasteiger partial charge in [-0.2, -0.15) is 0 Å². The average molecular weight is 409 g/mol. The zero-order valence-electron chi connectivity index (χ0n) is 17.9. The van der Waals surface area contributed by atoms with Gasteiger partial charge >= 0.3 is 0 Å². The quantitative estimate of drug-likeness (QED) is 0.754. The van der Waals surface area contributed by atoms with Crippen molar-refractivity contribution in [3.05, 3.63) is 59.2 Å². The smallest absolute Gasteiger partial charge is 0.220 e. The zero-order valence-corrected chi connectivity index (χ0v) is 17.9. The van der Waals surface area contributed by atoms with Gasteiger partial charge in [0.1, 0.15) is 13.2 Å². The molecule has 1 saturated heterocycles. The van der Waals surface area contributed by atoms with E-state index >= 15 is 0 Å². The van der Waals surface area contributed by atoms with E-state index in [9.17, 15) is 4.79 Å². The molecule has 0 aromatic heterocycles. The van der Waals surface area contributed by atoms with E-state index in [1.807, 2.05) is 18.2 Å². The molecule has 0 radical (unpaired) electrons. The number of carbonyl (C=O) groups excluding carboxylic acids is 1. The van der Waals surface area contributed by atoms with Gasteiger partial charge in [-0.3, -0.25) is 9.69 Å². The fourth-order valence-electron chi connectivity index (χ4n) is 4.34. The van der Waals surface area contributed by atoms with E-state index in [1.165, 1.54) is 30.5 Å². The molecule has 0 saturated carbocycles. The Bertz CT molecular complexity index is 867. The maximum absolute atomic E-state index is 12.4. The zero-order chi connectivity index (χ0) is 20.8. The van der Waals surface area contributed by atoms with E-state index in [1.54, 1.807) is 0 Å². The van der Waals surface area contributed by atoms with Crippen LogP contribution in [0.2, 0.25) is 0 Å². The lowest BCUT2D eigenvalue weighted by Gasteiger charge is -2.31. The van der Waals surface area contributed by atoms with Crippen molar-refractivity contribution in [2.24, 2.45) is 5.92 Å². The van der Waals surface area contributed by atoms with E-state index in [4.69, 9.17) is 9.47 Å². The van der Waals surface area contributed by atoms with Gasteiger partial charge in [-0.25, -0.2) is 0 Å². The highest BCUT2D eigenvalue weighted by Gasteiger charge is 2.17. The molecule has 2 aromatic rings. The number of piperidine rings is 1. The molecule has 1 amide bonds. The Morgan fingerprint density at radius 3 is 2.73 bits per heavy atom. The highest BCUT2D eigenvalue weighted by Crippen LogP contribution is 2.31. The lowest BCUT2D eigenvalue weighted by atomic mass is 9.99. The molecule has 1 atom stereocenters. The number of benzene rings is 2. The van der Waals surface area contributed by atoms with E-state index in [2.05, 4.69) is 41.4 Å². The normalized spacial score (nSPS) is 18.8. The van der Waals surface area contributed by atoms with Crippen LogP contribution in [-0.4, -0.2) is 37.1 Å². The van der Waals surface area contributed by atoms with Gasteiger partial charge in [0.25, 0.3) is 0 Å². The van der Waals surface area contributed by atoms with Crippen molar-refractivity contribution >= 4 is 5.91 Å². The summed E-state index contributed by atoms with van der Waals surface area (Å²) in [5.41, 5.74) is 3.62. The molecule has 2 heterocycles. The minimum Gasteiger partial charge on any atom is -0.486 e. The summed E-state index contributed by atoms with van der Waals surface area (Å²) in [7, 11) is 0. The Balaban J connectivity index is 1.28. The maximum Gasteiger partial charge on any atom is 0.220 e. The Labute approximate surface area is 179 Å². The molecule has 5 heteroatoms. The minimum atomic E-state index is 0.0753. The number of ether oxygens (including phenoxy) is 2. The van der Waals surface area contributed by atoms with Crippen molar-refractivity contribution in [1.82, 2.24) is 10.2 Å². The first-order valence-corrected chi connectivity index (χ1v) is 11.1. The number of hydrogen-bond donors (Lipinski definition) is 1. The first-order valence-electron chi connectivity index (χ1n) is 11.1. The molecule has 1 fully saturated rings. The van der Waals surface area contributed by atoms with Crippen molar-refractivity contribution in [2.45, 2.75) is 45.7 Å². The highest BCUT2D eigenvalue weighted by atomic mass is 16.6. The van der Waals surface area contributed by atoms with Gasteiger partial charge in [-0.1, -0.05) is 37.3 Å². The minimum absolute atomic E-state index is 0.0753. The summed E-state index contributed by atoms with van der Waals surface area (Å²) in [4.78, 5) is 15.0. The lowest BCUT2D eigenvalue weighted by molar-refractivity contribution is -0.121. The maximum atomic E-state index is 12.4. The predicted octanol–water partition coefficient (Wildman–Crippen LogP) is 3.94. The van der Waals surface area contributed by atoms with E-state index < -0.39 is 0 Å². The van der Waals surface area contributed by atoms with Gasteiger partial charge in [-0.05, 0) is 60.5 Å². The van der Waals surface area contributed by atoms with Crippen LogP contribution in [0.4, 0.5) is 0 Å². The lowest BCUT2D eigenvalue weighted by Crippen LogP contribution is -2.34. The molecule has 160 valence electrons. The molecule has 5 nitrogen and oxygen atoms in total. The molecule has 1 N–H and O–H groups in total. The van der Waals surface area contributed by atoms with Crippen molar-refractivity contribution in [1.29, 1.82) is 0 Å². The SMILES string of the molecule is CC1CCCN(Cc2ccccc2CNC(=O)CCc2ccc3c(c2)OCCO3)C1. The fourth-order valence-corrected chi connectivity index (χ4v) is 4.34. The summed E-state index contributed by atoms with van der Waals surface area (Å²) in [5, 5.41) is 3.10. The Hall–Kier alpha value is -2.53. The van der Waals surface area contributed by atoms with Gasteiger partial charge in [0.05, 0.1) is 0 Å². The van der Waals surface area contributed by atoms with Crippen LogP contribution in [0.5, 0.6) is 11.5 Å². The molecule has 1 unspecified atom stereocenters. The largest absolute Gasteiger partial charge is 0.486 e. The third-order valence-corrected chi connectivity index (χ3v) is 5.98. The van der Waals surface area contributed by atoms with Crippen molar-refractivity contribution in [3.63, 3.8) is 0 Å². The van der Waals surface area contributed by atoms with Crippen molar-refractivity contribution in [3.8, 4) is 11.5 Å². The molecule has 0 bridgehead atoms. The van der Waals surface area contributed by atoms with E-state index in [0.29, 0.717) is 32.6 Å². The standard InChI is InChI=1S/C25H32N2O3/c1-19-5-4-12-27(17-19)18-22-7-3-2-6-21(22)16-26-25(28)11-9-20-8-10-23-24(15-20)30-14-13-29-23/h2-3,6-8,10,15,19H,4-5,9,11-14,16-18H2,1H3,(H,26,28). The number of aryl methyl sites for hydroxylation is 1. The Morgan fingerprint density at radius 1 is 1.10 bits per heavy atom. The summed E-state index contributed by atoms with van der Waals surface area (Å²) in [6.07, 6.45) is 3.76. The second-order valence-electron chi connectivity index (χ2n) is 8.51. The van der Waals surface area contributed by atoms with Gasteiger partial charge in [-0.15, -0.1) is 0 Å². The molecule has 0 aliphatic carbocycles. The Kier molecular flexibility index (Phi) is 6.90. The van der Waals surface area contributed by atoms with Gasteiger partial charge in [0.15, 0.2) is 11.5 Å². The molecule has 30 heavy (non-hydrogen) atoms. The highest BCUT2D eigenvalue weighted by molar-refractivity contribution is 5.76. The summed E-state index contributed by atoms with van der Waals surface area (Å²) < 4.78 is 11.2. The van der Waals surface area contributed by atoms with Crippen LogP contribution >= 0.6 is 0 Å². The fraction of sp³-hybridized carbons (Fsp3) is 0.480. The summed E-state index contributed by atoms with van der Waals surface area (Å²) in [6, 6.07) is 14.4. The predicted molar refractivity (Wildman–Crippen MR) is 118 cm³/mol. The summed E-state index contributed by atoms with van der Waals surface area (Å²) >= 11 is 0. The number of likely N-dealkylation sites (tertiary alicyclic amines) is 1. The summed E-state index contributed by atoms with van der Waals surface area (Å²) in [5.74, 6) is 2.41. The second kappa shape index (κ2) is 9.98. The topological polar surface area (TPSA) is 50.8 Å². The van der Waals surface area contributed by atoms with E-state index in [-0.39, 0.29) is 5.91 Å². The Morgan fingerprint density at radius 2 is 1.90 bits per heavy atom. The molecule has 2 aliphatic heterocycles. The van der Waals surface area contributed by atoms with Crippen LogP contribution in [0.15, 0.2) is 42.5 Å². The average Bonchev–Trinajstić information content (AvgIpc) is 2.77. The van der Waals surface area contributed by atoms with Crippen LogP contribution in [0.25, 0.3) is 0 Å². The first-order chi connectivity index (χ1) is 14.7. The molecule has 0 spiro atoms. The monoisotopic (exact) mass is 408 g/mol. The van der Waals surface area contributed by atoms with E-state index in [0.717, 1.165) is 36.1 Å². The molecular weight excluding hydrogens is 376 g/mol. The third-order valence-electron chi connectivity index (χ3n) is 5.98. The van der Waals surface area contributed by atoms with Gasteiger partial charge in [0.2, 0.25) is 5.91 Å². The molecule has 2 aliphatic rings. The first kappa shape index (κ1) is 20.7. The number of carbonyl (C=O) groups is 1. The number of nitrogens with zero attached hydrogens (tertiary/aromatic N) is 1. The number of hydrogen-bond acceptors (Lipinski definition) is 4. The summed E-state index contributed by atoms with van der Waals surface area (Å²) in [6.45, 7) is 7.38.